The number of rotatable bonds is 12. The van der Waals surface area contributed by atoms with E-state index in [-0.39, 0.29) is 11.8 Å². The summed E-state index contributed by atoms with van der Waals surface area (Å²) in [7, 11) is 1.61. The van der Waals surface area contributed by atoms with Crippen LogP contribution in [0.4, 0.5) is 0 Å². The van der Waals surface area contributed by atoms with Crippen molar-refractivity contribution in [1.82, 2.24) is 10.2 Å². The molecule has 0 saturated heterocycles. The summed E-state index contributed by atoms with van der Waals surface area (Å²) in [6, 6.07) is 16.5. The number of nitrogens with one attached hydrogen (secondary N) is 1. The Bertz CT molecular complexity index is 823. The molecule has 2 amide bonds. The molecule has 6 heteroatoms. The molecule has 0 saturated carbocycles. The van der Waals surface area contributed by atoms with Gasteiger partial charge in [0.2, 0.25) is 11.8 Å². The highest BCUT2D eigenvalue weighted by molar-refractivity contribution is 5.87. The highest BCUT2D eigenvalue weighted by Gasteiger charge is 2.26. The molecular formula is C25H34N2O4. The van der Waals surface area contributed by atoms with Crippen LogP contribution in [0.5, 0.6) is 11.5 Å². The molecule has 0 fully saturated rings. The van der Waals surface area contributed by atoms with Gasteiger partial charge in [-0.2, -0.15) is 0 Å². The number of nitrogens with zero attached hydrogens (tertiary/aromatic N) is 1. The van der Waals surface area contributed by atoms with Crippen molar-refractivity contribution in [2.75, 3.05) is 20.3 Å². The molecule has 1 unspecified atom stereocenters. The lowest BCUT2D eigenvalue weighted by molar-refractivity contribution is -0.140. The van der Waals surface area contributed by atoms with Crippen LogP contribution >= 0.6 is 0 Å². The molecule has 0 spiro atoms. The Hall–Kier alpha value is -3.02. The molecule has 0 aliphatic heterocycles. The highest BCUT2D eigenvalue weighted by Crippen LogP contribution is 2.17. The quantitative estimate of drug-likeness (QED) is 0.520. The normalized spacial score (nSPS) is 11.6. The number of carbonyl (C=O) groups excluding carboxylic acids is 2. The minimum atomic E-state index is -0.576. The van der Waals surface area contributed by atoms with Crippen molar-refractivity contribution in [3.8, 4) is 11.5 Å². The fraction of sp³-hybridized carbons (Fsp3) is 0.440. The van der Waals surface area contributed by atoms with E-state index in [4.69, 9.17) is 9.47 Å². The lowest BCUT2D eigenvalue weighted by Gasteiger charge is -2.29. The van der Waals surface area contributed by atoms with E-state index in [1.54, 1.807) is 18.9 Å². The molecular weight excluding hydrogens is 392 g/mol. The minimum Gasteiger partial charge on any atom is -0.497 e. The molecule has 1 atom stereocenters. The van der Waals surface area contributed by atoms with Crippen LogP contribution in [0.15, 0.2) is 54.6 Å². The Morgan fingerprint density at radius 2 is 1.71 bits per heavy atom. The molecule has 0 aliphatic carbocycles. The van der Waals surface area contributed by atoms with E-state index in [0.29, 0.717) is 38.5 Å². The zero-order valence-corrected chi connectivity index (χ0v) is 19.0. The van der Waals surface area contributed by atoms with Gasteiger partial charge in [0.1, 0.15) is 17.5 Å². The summed E-state index contributed by atoms with van der Waals surface area (Å²) in [5, 5.41) is 2.93. The SMILES string of the molecule is COc1cccc(CN(C(=O)CCCOc2ccccc2)C(C)C(=O)NCC(C)C)c1. The molecule has 0 aliphatic rings. The van der Waals surface area contributed by atoms with Crippen LogP contribution in [0.3, 0.4) is 0 Å². The number of ether oxygens (including phenoxy) is 2. The van der Waals surface area contributed by atoms with E-state index in [9.17, 15) is 9.59 Å². The number of carbonyl (C=O) groups is 2. The highest BCUT2D eigenvalue weighted by atomic mass is 16.5. The second-order valence-electron chi connectivity index (χ2n) is 7.95. The molecule has 0 aromatic heterocycles. The Balaban J connectivity index is 2.02. The Labute approximate surface area is 185 Å². The van der Waals surface area contributed by atoms with Gasteiger partial charge in [-0.3, -0.25) is 9.59 Å². The number of hydrogen-bond donors (Lipinski definition) is 1. The van der Waals surface area contributed by atoms with Gasteiger partial charge in [-0.15, -0.1) is 0 Å². The first-order valence-electron chi connectivity index (χ1n) is 10.8. The van der Waals surface area contributed by atoms with Crippen LogP contribution in [-0.2, 0) is 16.1 Å². The molecule has 168 valence electrons. The number of hydrogen-bond acceptors (Lipinski definition) is 4. The van der Waals surface area contributed by atoms with Crippen LogP contribution in [-0.4, -0.2) is 43.0 Å². The summed E-state index contributed by atoms with van der Waals surface area (Å²) in [6.07, 6.45) is 0.876. The van der Waals surface area contributed by atoms with E-state index in [0.717, 1.165) is 17.1 Å². The fourth-order valence-corrected chi connectivity index (χ4v) is 3.08. The smallest absolute Gasteiger partial charge is 0.242 e. The van der Waals surface area contributed by atoms with Crippen LogP contribution in [0.1, 0.15) is 39.2 Å². The predicted molar refractivity (Wildman–Crippen MR) is 122 cm³/mol. The molecule has 1 N–H and O–H groups in total. The number of amides is 2. The van der Waals surface area contributed by atoms with E-state index in [2.05, 4.69) is 5.32 Å². The third-order valence-corrected chi connectivity index (χ3v) is 4.89. The van der Waals surface area contributed by atoms with E-state index in [1.807, 2.05) is 68.4 Å². The monoisotopic (exact) mass is 426 g/mol. The zero-order valence-electron chi connectivity index (χ0n) is 19.0. The van der Waals surface area contributed by atoms with Crippen LogP contribution < -0.4 is 14.8 Å². The largest absolute Gasteiger partial charge is 0.497 e. The van der Waals surface area contributed by atoms with Crippen molar-refractivity contribution < 1.29 is 19.1 Å². The van der Waals surface area contributed by atoms with Crippen LogP contribution in [0, 0.1) is 5.92 Å². The van der Waals surface area contributed by atoms with Gasteiger partial charge in [0.25, 0.3) is 0 Å². The molecule has 0 heterocycles. The van der Waals surface area contributed by atoms with Gasteiger partial charge in [-0.1, -0.05) is 44.2 Å². The average molecular weight is 427 g/mol. The number of benzene rings is 2. The second-order valence-corrected chi connectivity index (χ2v) is 7.95. The van der Waals surface area contributed by atoms with Crippen molar-refractivity contribution in [2.45, 2.75) is 46.2 Å². The Morgan fingerprint density at radius 3 is 2.39 bits per heavy atom. The van der Waals surface area contributed by atoms with Crippen molar-refractivity contribution in [1.29, 1.82) is 0 Å². The van der Waals surface area contributed by atoms with Crippen LogP contribution in [0.2, 0.25) is 0 Å². The second kappa shape index (κ2) is 12.6. The van der Waals surface area contributed by atoms with E-state index in [1.165, 1.54) is 0 Å². The van der Waals surface area contributed by atoms with Crippen molar-refractivity contribution in [3.05, 3.63) is 60.2 Å². The number of para-hydroxylation sites is 1. The fourth-order valence-electron chi connectivity index (χ4n) is 3.08. The molecule has 0 radical (unpaired) electrons. The standard InChI is InChI=1S/C25H34N2O4/c1-19(2)17-26-25(29)20(3)27(18-21-10-8-13-23(16-21)30-4)24(28)14-9-15-31-22-11-6-5-7-12-22/h5-8,10-13,16,19-20H,9,14-15,17-18H2,1-4H3,(H,26,29). The maximum absolute atomic E-state index is 13.1. The average Bonchev–Trinajstić information content (AvgIpc) is 2.78. The van der Waals surface area contributed by atoms with Crippen molar-refractivity contribution in [3.63, 3.8) is 0 Å². The van der Waals surface area contributed by atoms with Gasteiger partial charge in [0.05, 0.1) is 13.7 Å². The molecule has 0 bridgehead atoms. The van der Waals surface area contributed by atoms with Gasteiger partial charge >= 0.3 is 0 Å². The summed E-state index contributed by atoms with van der Waals surface area (Å²) in [6.45, 7) is 7.21. The van der Waals surface area contributed by atoms with Gasteiger partial charge in [-0.05, 0) is 49.1 Å². The van der Waals surface area contributed by atoms with Crippen LogP contribution in [0.25, 0.3) is 0 Å². The summed E-state index contributed by atoms with van der Waals surface area (Å²) >= 11 is 0. The lowest BCUT2D eigenvalue weighted by Crippen LogP contribution is -2.48. The molecule has 2 aromatic rings. The maximum atomic E-state index is 13.1. The summed E-state index contributed by atoms with van der Waals surface area (Å²) < 4.78 is 11.0. The molecule has 31 heavy (non-hydrogen) atoms. The molecule has 6 nitrogen and oxygen atoms in total. The molecule has 2 aromatic carbocycles. The first-order valence-corrected chi connectivity index (χ1v) is 10.8. The van der Waals surface area contributed by atoms with E-state index >= 15 is 0 Å². The van der Waals surface area contributed by atoms with Crippen molar-refractivity contribution in [2.24, 2.45) is 5.92 Å². The zero-order chi connectivity index (χ0) is 22.6. The van der Waals surface area contributed by atoms with Crippen molar-refractivity contribution >= 4 is 11.8 Å². The third-order valence-electron chi connectivity index (χ3n) is 4.89. The van der Waals surface area contributed by atoms with Gasteiger partial charge < -0.3 is 19.7 Å². The van der Waals surface area contributed by atoms with Gasteiger partial charge in [0, 0.05) is 19.5 Å². The minimum absolute atomic E-state index is 0.0771. The van der Waals surface area contributed by atoms with Gasteiger partial charge in [-0.25, -0.2) is 0 Å². The van der Waals surface area contributed by atoms with Gasteiger partial charge in [0.15, 0.2) is 0 Å². The summed E-state index contributed by atoms with van der Waals surface area (Å²) in [4.78, 5) is 27.4. The first kappa shape index (κ1) is 24.3. The summed E-state index contributed by atoms with van der Waals surface area (Å²) in [5.74, 6) is 1.62. The Kier molecular flexibility index (Phi) is 9.88. The number of methoxy groups -OCH3 is 1. The Morgan fingerprint density at radius 1 is 1.00 bits per heavy atom. The lowest BCUT2D eigenvalue weighted by atomic mass is 10.1. The molecule has 2 rings (SSSR count). The topological polar surface area (TPSA) is 67.9 Å². The summed E-state index contributed by atoms with van der Waals surface area (Å²) in [5.41, 5.74) is 0.914. The third kappa shape index (κ3) is 8.32. The predicted octanol–water partition coefficient (Wildman–Crippen LogP) is 4.04. The van der Waals surface area contributed by atoms with E-state index < -0.39 is 6.04 Å². The maximum Gasteiger partial charge on any atom is 0.242 e. The first-order chi connectivity index (χ1) is 14.9.